The molecule has 0 aliphatic heterocycles. The number of carbonyl (C=O) groups is 1. The zero-order valence-electron chi connectivity index (χ0n) is 10.4. The Kier molecular flexibility index (Phi) is 6.75. The SMILES string of the molecule is CC(=O)OCP.c1ccc(-c2ccccc2)cc1. The Hall–Kier alpha value is -1.66. The van der Waals surface area contributed by atoms with Crippen molar-refractivity contribution in [1.29, 1.82) is 0 Å². The van der Waals surface area contributed by atoms with Crippen molar-refractivity contribution in [2.24, 2.45) is 0 Å². The maximum Gasteiger partial charge on any atom is 0.302 e. The lowest BCUT2D eigenvalue weighted by molar-refractivity contribution is -0.138. The van der Waals surface area contributed by atoms with Crippen LogP contribution in [0.5, 0.6) is 0 Å². The van der Waals surface area contributed by atoms with E-state index >= 15 is 0 Å². The van der Waals surface area contributed by atoms with Crippen molar-refractivity contribution in [1.82, 2.24) is 0 Å². The molecule has 0 aromatic heterocycles. The van der Waals surface area contributed by atoms with Crippen molar-refractivity contribution in [3.63, 3.8) is 0 Å². The minimum atomic E-state index is -0.231. The summed E-state index contributed by atoms with van der Waals surface area (Å²) < 4.78 is 4.37. The minimum absolute atomic E-state index is 0.231. The summed E-state index contributed by atoms with van der Waals surface area (Å²) in [6, 6.07) is 20.8. The lowest BCUT2D eigenvalue weighted by atomic mass is 10.1. The third-order valence-electron chi connectivity index (χ3n) is 2.17. The van der Waals surface area contributed by atoms with Gasteiger partial charge in [-0.3, -0.25) is 4.79 Å². The summed E-state index contributed by atoms with van der Waals surface area (Å²) in [4.78, 5) is 9.81. The van der Waals surface area contributed by atoms with Gasteiger partial charge in [0, 0.05) is 6.92 Å². The molecule has 0 saturated carbocycles. The molecule has 1 atom stereocenters. The van der Waals surface area contributed by atoms with Crippen molar-refractivity contribution < 1.29 is 9.53 Å². The number of hydrogen-bond acceptors (Lipinski definition) is 2. The first-order valence-electron chi connectivity index (χ1n) is 5.68. The number of carbonyl (C=O) groups excluding carboxylic acids is 1. The largest absolute Gasteiger partial charge is 0.462 e. The second kappa shape index (κ2) is 8.43. The van der Waals surface area contributed by atoms with Gasteiger partial charge in [0.15, 0.2) is 0 Å². The van der Waals surface area contributed by atoms with E-state index in [9.17, 15) is 4.79 Å². The molecular formula is C15H17O2P. The lowest BCUT2D eigenvalue weighted by Crippen LogP contribution is -1.93. The highest BCUT2D eigenvalue weighted by molar-refractivity contribution is 7.16. The summed E-state index contributed by atoms with van der Waals surface area (Å²) in [5.41, 5.74) is 2.55. The Morgan fingerprint density at radius 1 is 0.944 bits per heavy atom. The van der Waals surface area contributed by atoms with E-state index in [4.69, 9.17) is 0 Å². The van der Waals surface area contributed by atoms with Gasteiger partial charge >= 0.3 is 5.97 Å². The van der Waals surface area contributed by atoms with Crippen LogP contribution < -0.4 is 0 Å². The highest BCUT2D eigenvalue weighted by atomic mass is 31.0. The van der Waals surface area contributed by atoms with Crippen molar-refractivity contribution in [3.8, 4) is 11.1 Å². The van der Waals surface area contributed by atoms with Gasteiger partial charge in [-0.2, -0.15) is 0 Å². The Balaban J connectivity index is 0.000000232. The molecule has 0 bridgehead atoms. The van der Waals surface area contributed by atoms with E-state index in [2.05, 4.69) is 62.5 Å². The topological polar surface area (TPSA) is 26.3 Å². The summed E-state index contributed by atoms with van der Waals surface area (Å²) in [6.07, 6.45) is 0.398. The zero-order valence-corrected chi connectivity index (χ0v) is 11.5. The van der Waals surface area contributed by atoms with Crippen LogP contribution in [0.3, 0.4) is 0 Å². The average Bonchev–Trinajstić information content (AvgIpc) is 2.41. The van der Waals surface area contributed by atoms with Crippen LogP contribution in [0.25, 0.3) is 11.1 Å². The van der Waals surface area contributed by atoms with Gasteiger partial charge in [0.05, 0.1) is 0 Å². The average molecular weight is 260 g/mol. The van der Waals surface area contributed by atoms with Crippen LogP contribution in [0.2, 0.25) is 0 Å². The summed E-state index contributed by atoms with van der Waals surface area (Å²) >= 11 is 0. The van der Waals surface area contributed by atoms with Crippen LogP contribution in [0.15, 0.2) is 60.7 Å². The minimum Gasteiger partial charge on any atom is -0.462 e. The van der Waals surface area contributed by atoms with Gasteiger partial charge in [0.1, 0.15) is 6.35 Å². The van der Waals surface area contributed by atoms with E-state index in [-0.39, 0.29) is 5.97 Å². The zero-order chi connectivity index (χ0) is 13.2. The fourth-order valence-corrected chi connectivity index (χ4v) is 1.61. The van der Waals surface area contributed by atoms with Crippen molar-refractivity contribution >= 4 is 15.2 Å². The maximum absolute atomic E-state index is 9.81. The number of esters is 1. The predicted octanol–water partition coefficient (Wildman–Crippen LogP) is 3.74. The second-order valence-corrected chi connectivity index (χ2v) is 3.87. The number of hydrogen-bond donors (Lipinski definition) is 0. The van der Waals surface area contributed by atoms with Gasteiger partial charge < -0.3 is 4.74 Å². The van der Waals surface area contributed by atoms with E-state index in [0.717, 1.165) is 0 Å². The number of ether oxygens (including phenoxy) is 1. The Bertz CT molecular complexity index is 417. The van der Waals surface area contributed by atoms with Crippen LogP contribution in [0, 0.1) is 0 Å². The molecule has 2 aromatic rings. The standard InChI is InChI=1S/C12H10.C3H7O2P/c1-3-7-11(8-4-1)12-9-5-2-6-10-12;1-3(4)5-2-6/h1-10H;2,6H2,1H3. The highest BCUT2D eigenvalue weighted by Crippen LogP contribution is 2.17. The van der Waals surface area contributed by atoms with Gasteiger partial charge in [-0.25, -0.2) is 0 Å². The van der Waals surface area contributed by atoms with Crippen LogP contribution in [0.4, 0.5) is 0 Å². The molecule has 94 valence electrons. The molecule has 0 saturated heterocycles. The van der Waals surface area contributed by atoms with Crippen molar-refractivity contribution in [2.75, 3.05) is 6.35 Å². The molecule has 3 heteroatoms. The van der Waals surface area contributed by atoms with Crippen molar-refractivity contribution in [3.05, 3.63) is 60.7 Å². The smallest absolute Gasteiger partial charge is 0.302 e. The van der Waals surface area contributed by atoms with Crippen LogP contribution in [-0.4, -0.2) is 12.3 Å². The van der Waals surface area contributed by atoms with Gasteiger partial charge in [0.2, 0.25) is 0 Å². The second-order valence-electron chi connectivity index (χ2n) is 3.53. The van der Waals surface area contributed by atoms with E-state index in [0.29, 0.717) is 6.35 Å². The first kappa shape index (κ1) is 14.4. The molecule has 0 radical (unpaired) electrons. The lowest BCUT2D eigenvalue weighted by Gasteiger charge is -1.98. The van der Waals surface area contributed by atoms with Gasteiger partial charge in [0.25, 0.3) is 0 Å². The first-order valence-corrected chi connectivity index (χ1v) is 6.49. The van der Waals surface area contributed by atoms with Crippen LogP contribution in [-0.2, 0) is 9.53 Å². The van der Waals surface area contributed by atoms with E-state index in [1.165, 1.54) is 18.1 Å². The molecule has 2 rings (SSSR count). The molecule has 0 N–H and O–H groups in total. The molecule has 1 unspecified atom stereocenters. The monoisotopic (exact) mass is 260 g/mol. The van der Waals surface area contributed by atoms with Gasteiger partial charge in [-0.15, -0.1) is 0 Å². The molecule has 0 heterocycles. The third kappa shape index (κ3) is 5.60. The first-order chi connectivity index (χ1) is 8.74. The molecule has 2 aromatic carbocycles. The highest BCUT2D eigenvalue weighted by Gasteiger charge is 1.91. The number of rotatable bonds is 2. The van der Waals surface area contributed by atoms with E-state index in [1.54, 1.807) is 0 Å². The summed E-state index contributed by atoms with van der Waals surface area (Å²) in [6.45, 7) is 1.38. The quantitative estimate of drug-likeness (QED) is 0.607. The predicted molar refractivity (Wildman–Crippen MR) is 78.2 cm³/mol. The normalized spacial score (nSPS) is 9.00. The molecule has 0 amide bonds. The molecule has 0 fully saturated rings. The fraction of sp³-hybridized carbons (Fsp3) is 0.133. The summed E-state index contributed by atoms with van der Waals surface area (Å²) in [5, 5.41) is 0. The Labute approximate surface area is 110 Å². The molecular weight excluding hydrogens is 243 g/mol. The van der Waals surface area contributed by atoms with E-state index < -0.39 is 0 Å². The molecule has 18 heavy (non-hydrogen) atoms. The van der Waals surface area contributed by atoms with Crippen LogP contribution >= 0.6 is 9.24 Å². The van der Waals surface area contributed by atoms with Crippen molar-refractivity contribution in [2.45, 2.75) is 6.92 Å². The Morgan fingerprint density at radius 3 is 1.56 bits per heavy atom. The summed E-state index contributed by atoms with van der Waals surface area (Å²) in [5.74, 6) is -0.231. The van der Waals surface area contributed by atoms with Gasteiger partial charge in [-0.05, 0) is 11.1 Å². The molecule has 2 nitrogen and oxygen atoms in total. The Morgan fingerprint density at radius 2 is 1.33 bits per heavy atom. The summed E-state index contributed by atoms with van der Waals surface area (Å²) in [7, 11) is 2.28. The fourth-order valence-electron chi connectivity index (χ4n) is 1.38. The van der Waals surface area contributed by atoms with E-state index in [1.807, 2.05) is 12.1 Å². The maximum atomic E-state index is 9.81. The number of benzene rings is 2. The van der Waals surface area contributed by atoms with Gasteiger partial charge in [-0.1, -0.05) is 69.9 Å². The molecule has 0 aliphatic carbocycles. The third-order valence-corrected chi connectivity index (χ3v) is 2.33. The molecule has 0 aliphatic rings. The van der Waals surface area contributed by atoms with Crippen LogP contribution in [0.1, 0.15) is 6.92 Å². The molecule has 0 spiro atoms.